The summed E-state index contributed by atoms with van der Waals surface area (Å²) in [7, 11) is 0. The zero-order valence-corrected chi connectivity index (χ0v) is 9.91. The Morgan fingerprint density at radius 2 is 1.81 bits per heavy atom. The van der Waals surface area contributed by atoms with Crippen molar-refractivity contribution in [3.63, 3.8) is 0 Å². The smallest absolute Gasteiger partial charge is 0.0208 e. The van der Waals surface area contributed by atoms with E-state index in [0.717, 1.165) is 6.54 Å². The van der Waals surface area contributed by atoms with Gasteiger partial charge in [-0.25, -0.2) is 0 Å². The monoisotopic (exact) mass is 215 g/mol. The number of rotatable bonds is 4. The van der Waals surface area contributed by atoms with Gasteiger partial charge in [-0.2, -0.15) is 0 Å². The Labute approximate surface area is 98.6 Å². The summed E-state index contributed by atoms with van der Waals surface area (Å²) in [5, 5.41) is 3.62. The van der Waals surface area contributed by atoms with Crippen molar-refractivity contribution in [2.24, 2.45) is 0 Å². The van der Waals surface area contributed by atoms with Gasteiger partial charge in [-0.05, 0) is 24.0 Å². The van der Waals surface area contributed by atoms with Crippen LogP contribution < -0.4 is 5.32 Å². The maximum Gasteiger partial charge on any atom is 0.0208 e. The van der Waals surface area contributed by atoms with E-state index in [4.69, 9.17) is 0 Å². The first-order valence-electron chi connectivity index (χ1n) is 6.33. The van der Waals surface area contributed by atoms with Crippen LogP contribution in [-0.4, -0.2) is 12.6 Å². The molecule has 0 amide bonds. The maximum absolute atomic E-state index is 4.15. The molecule has 1 N–H and O–H groups in total. The molecule has 1 saturated carbocycles. The molecule has 0 aromatic heterocycles. The predicted octanol–water partition coefficient (Wildman–Crippen LogP) is 3.62. The van der Waals surface area contributed by atoms with Gasteiger partial charge in [0.15, 0.2) is 0 Å². The highest BCUT2D eigenvalue weighted by atomic mass is 14.9. The minimum Gasteiger partial charge on any atom is -0.310 e. The van der Waals surface area contributed by atoms with Crippen molar-refractivity contribution >= 4 is 5.57 Å². The summed E-state index contributed by atoms with van der Waals surface area (Å²) < 4.78 is 0. The van der Waals surface area contributed by atoms with E-state index >= 15 is 0 Å². The minimum absolute atomic E-state index is 0.717. The van der Waals surface area contributed by atoms with Crippen LogP contribution in [0.15, 0.2) is 36.9 Å². The lowest BCUT2D eigenvalue weighted by atomic mass is 9.95. The molecule has 0 unspecified atom stereocenters. The molecule has 1 aromatic rings. The standard InChI is InChI=1S/C15H21N/c1-13(14-8-4-2-5-9-14)12-16-15-10-6-3-7-11-15/h2,4-5,8-9,15-16H,1,3,6-7,10-12H2. The lowest BCUT2D eigenvalue weighted by Gasteiger charge is -2.23. The normalized spacial score (nSPS) is 17.2. The van der Waals surface area contributed by atoms with Gasteiger partial charge in [-0.15, -0.1) is 0 Å². The van der Waals surface area contributed by atoms with Crippen molar-refractivity contribution in [2.75, 3.05) is 6.54 Å². The lowest BCUT2D eigenvalue weighted by molar-refractivity contribution is 0.386. The van der Waals surface area contributed by atoms with Crippen molar-refractivity contribution in [1.82, 2.24) is 5.32 Å². The van der Waals surface area contributed by atoms with Gasteiger partial charge in [0.05, 0.1) is 0 Å². The van der Waals surface area contributed by atoms with E-state index in [2.05, 4.69) is 36.2 Å². The van der Waals surface area contributed by atoms with E-state index in [-0.39, 0.29) is 0 Å². The topological polar surface area (TPSA) is 12.0 Å². The average Bonchev–Trinajstić information content (AvgIpc) is 2.38. The molecule has 0 saturated heterocycles. The van der Waals surface area contributed by atoms with Crippen molar-refractivity contribution in [3.8, 4) is 0 Å². The fraction of sp³-hybridized carbons (Fsp3) is 0.467. The molecular weight excluding hydrogens is 194 g/mol. The molecule has 1 nitrogen and oxygen atoms in total. The van der Waals surface area contributed by atoms with Crippen molar-refractivity contribution < 1.29 is 0 Å². The average molecular weight is 215 g/mol. The predicted molar refractivity (Wildman–Crippen MR) is 70.4 cm³/mol. The lowest BCUT2D eigenvalue weighted by Crippen LogP contribution is -2.32. The third kappa shape index (κ3) is 3.21. The fourth-order valence-corrected chi connectivity index (χ4v) is 2.35. The van der Waals surface area contributed by atoms with Crippen molar-refractivity contribution in [3.05, 3.63) is 42.5 Å². The molecule has 86 valence electrons. The van der Waals surface area contributed by atoms with Crippen molar-refractivity contribution in [2.45, 2.75) is 38.1 Å². The second-order valence-electron chi connectivity index (χ2n) is 4.69. The van der Waals surface area contributed by atoms with Crippen molar-refractivity contribution in [1.29, 1.82) is 0 Å². The Balaban J connectivity index is 1.79. The van der Waals surface area contributed by atoms with Crippen LogP contribution >= 0.6 is 0 Å². The Bertz CT molecular complexity index is 323. The van der Waals surface area contributed by atoms with Gasteiger partial charge in [0, 0.05) is 12.6 Å². The molecule has 0 atom stereocenters. The maximum atomic E-state index is 4.15. The van der Waals surface area contributed by atoms with Gasteiger partial charge in [0.1, 0.15) is 0 Å². The summed E-state index contributed by atoms with van der Waals surface area (Å²) >= 11 is 0. The van der Waals surface area contributed by atoms with Gasteiger partial charge >= 0.3 is 0 Å². The van der Waals surface area contributed by atoms with Gasteiger partial charge in [0.2, 0.25) is 0 Å². The first-order chi connectivity index (χ1) is 7.86. The van der Waals surface area contributed by atoms with E-state index in [9.17, 15) is 0 Å². The number of nitrogens with one attached hydrogen (secondary N) is 1. The second kappa shape index (κ2) is 5.86. The molecule has 0 radical (unpaired) electrons. The summed E-state index contributed by atoms with van der Waals surface area (Å²) in [6.45, 7) is 5.07. The zero-order valence-electron chi connectivity index (χ0n) is 9.91. The summed E-state index contributed by atoms with van der Waals surface area (Å²) in [5.74, 6) is 0. The van der Waals surface area contributed by atoms with Gasteiger partial charge in [-0.3, -0.25) is 0 Å². The zero-order chi connectivity index (χ0) is 11.2. The highest BCUT2D eigenvalue weighted by Gasteiger charge is 2.12. The van der Waals surface area contributed by atoms with Crippen LogP contribution in [-0.2, 0) is 0 Å². The van der Waals surface area contributed by atoms with Gasteiger partial charge in [-0.1, -0.05) is 56.2 Å². The molecule has 2 rings (SSSR count). The van der Waals surface area contributed by atoms with Crippen LogP contribution in [0.3, 0.4) is 0 Å². The Morgan fingerprint density at radius 1 is 1.12 bits per heavy atom. The second-order valence-corrected chi connectivity index (χ2v) is 4.69. The van der Waals surface area contributed by atoms with E-state index in [1.165, 1.54) is 43.2 Å². The SMILES string of the molecule is C=C(CNC1CCCCC1)c1ccccc1. The molecule has 1 heteroatoms. The number of hydrogen-bond donors (Lipinski definition) is 1. The molecular formula is C15H21N. The molecule has 1 fully saturated rings. The molecule has 0 spiro atoms. The van der Waals surface area contributed by atoms with Crippen LogP contribution in [0.5, 0.6) is 0 Å². The molecule has 0 heterocycles. The Hall–Kier alpha value is -1.08. The third-order valence-electron chi connectivity index (χ3n) is 3.39. The molecule has 0 bridgehead atoms. The van der Waals surface area contributed by atoms with Gasteiger partial charge < -0.3 is 5.32 Å². The molecule has 1 aliphatic carbocycles. The fourth-order valence-electron chi connectivity index (χ4n) is 2.35. The van der Waals surface area contributed by atoms with E-state index in [0.29, 0.717) is 6.04 Å². The number of benzene rings is 1. The highest BCUT2D eigenvalue weighted by molar-refractivity contribution is 5.64. The summed E-state index contributed by atoms with van der Waals surface area (Å²) in [6.07, 6.45) is 6.85. The quantitative estimate of drug-likeness (QED) is 0.809. The number of hydrogen-bond acceptors (Lipinski definition) is 1. The molecule has 1 aliphatic rings. The van der Waals surface area contributed by atoms with Crippen LogP contribution in [0, 0.1) is 0 Å². The van der Waals surface area contributed by atoms with E-state index in [1.807, 2.05) is 6.07 Å². The van der Waals surface area contributed by atoms with E-state index in [1.54, 1.807) is 0 Å². The van der Waals surface area contributed by atoms with Gasteiger partial charge in [0.25, 0.3) is 0 Å². The Morgan fingerprint density at radius 3 is 2.50 bits per heavy atom. The summed E-state index contributed by atoms with van der Waals surface area (Å²) in [6, 6.07) is 11.2. The first kappa shape index (κ1) is 11.4. The van der Waals surface area contributed by atoms with Crippen LogP contribution in [0.25, 0.3) is 5.57 Å². The van der Waals surface area contributed by atoms with Crippen LogP contribution in [0.4, 0.5) is 0 Å². The molecule has 1 aromatic carbocycles. The van der Waals surface area contributed by atoms with Crippen LogP contribution in [0.1, 0.15) is 37.7 Å². The summed E-state index contributed by atoms with van der Waals surface area (Å²) in [4.78, 5) is 0. The molecule has 16 heavy (non-hydrogen) atoms. The summed E-state index contributed by atoms with van der Waals surface area (Å²) in [5.41, 5.74) is 2.46. The Kier molecular flexibility index (Phi) is 4.17. The largest absolute Gasteiger partial charge is 0.310 e. The minimum atomic E-state index is 0.717. The molecule has 0 aliphatic heterocycles. The highest BCUT2D eigenvalue weighted by Crippen LogP contribution is 2.18. The van der Waals surface area contributed by atoms with E-state index < -0.39 is 0 Å². The van der Waals surface area contributed by atoms with Crippen LogP contribution in [0.2, 0.25) is 0 Å². The third-order valence-corrected chi connectivity index (χ3v) is 3.39. The first-order valence-corrected chi connectivity index (χ1v) is 6.33.